The number of aromatic nitrogens is 1. The van der Waals surface area contributed by atoms with Crippen molar-refractivity contribution < 1.29 is 23.5 Å². The predicted octanol–water partition coefficient (Wildman–Crippen LogP) is 3.45. The van der Waals surface area contributed by atoms with Gasteiger partial charge in [0.15, 0.2) is 5.82 Å². The van der Waals surface area contributed by atoms with Crippen LogP contribution in [0, 0.1) is 5.82 Å². The smallest absolute Gasteiger partial charge is 0.418 e. The van der Waals surface area contributed by atoms with E-state index in [-0.39, 0.29) is 16.8 Å². The van der Waals surface area contributed by atoms with E-state index in [1.165, 1.54) is 22.9 Å². The minimum Gasteiger partial charge on any atom is -0.465 e. The van der Waals surface area contributed by atoms with Gasteiger partial charge in [0.25, 0.3) is 0 Å². The van der Waals surface area contributed by atoms with Crippen molar-refractivity contribution in [2.75, 3.05) is 12.8 Å². The topological polar surface area (TPSA) is 83.5 Å². The molecule has 1 aromatic heterocycles. The highest BCUT2D eigenvalue weighted by Gasteiger charge is 2.23. The van der Waals surface area contributed by atoms with Crippen LogP contribution in [0.15, 0.2) is 30.5 Å². The third-order valence-electron chi connectivity index (χ3n) is 3.20. The van der Waals surface area contributed by atoms with Crippen LogP contribution in [0.1, 0.15) is 31.1 Å². The van der Waals surface area contributed by atoms with Crippen LogP contribution in [0.2, 0.25) is 0 Å². The second-order valence-corrected chi connectivity index (χ2v) is 6.12. The first kappa shape index (κ1) is 17.5. The third kappa shape index (κ3) is 3.40. The molecule has 1 aromatic carbocycles. The van der Waals surface area contributed by atoms with E-state index in [1.54, 1.807) is 32.9 Å². The Morgan fingerprint density at radius 1 is 1.21 bits per heavy atom. The normalized spacial score (nSPS) is 11.2. The SMILES string of the molecule is COC(=O)c1ccc(-c2cccn2C(=O)OC(C)(C)C)c(N)c1F. The number of carbonyl (C=O) groups is 2. The summed E-state index contributed by atoms with van der Waals surface area (Å²) in [6.45, 7) is 5.23. The summed E-state index contributed by atoms with van der Waals surface area (Å²) in [5.41, 5.74) is 5.25. The van der Waals surface area contributed by atoms with Gasteiger partial charge in [-0.25, -0.2) is 14.0 Å². The van der Waals surface area contributed by atoms with Crippen LogP contribution >= 0.6 is 0 Å². The number of nitrogens with two attached hydrogens (primary N) is 1. The maximum absolute atomic E-state index is 14.3. The first-order valence-electron chi connectivity index (χ1n) is 7.23. The Bertz CT molecular complexity index is 790. The van der Waals surface area contributed by atoms with Gasteiger partial charge in [-0.1, -0.05) is 0 Å². The fourth-order valence-electron chi connectivity index (χ4n) is 2.15. The molecule has 2 N–H and O–H groups in total. The summed E-state index contributed by atoms with van der Waals surface area (Å²) in [6.07, 6.45) is 0.883. The third-order valence-corrected chi connectivity index (χ3v) is 3.20. The van der Waals surface area contributed by atoms with Gasteiger partial charge in [0.05, 0.1) is 24.1 Å². The molecule has 6 nitrogen and oxygen atoms in total. The maximum atomic E-state index is 14.3. The van der Waals surface area contributed by atoms with Gasteiger partial charge in [0.1, 0.15) is 5.60 Å². The molecule has 0 saturated carbocycles. The molecular weight excluding hydrogens is 315 g/mol. The van der Waals surface area contributed by atoms with Crippen LogP contribution in [0.25, 0.3) is 11.3 Å². The van der Waals surface area contributed by atoms with Gasteiger partial charge in [0.2, 0.25) is 0 Å². The quantitative estimate of drug-likeness (QED) is 0.672. The summed E-state index contributed by atoms with van der Waals surface area (Å²) in [7, 11) is 1.15. The molecule has 7 heteroatoms. The van der Waals surface area contributed by atoms with Gasteiger partial charge >= 0.3 is 12.1 Å². The summed E-state index contributed by atoms with van der Waals surface area (Å²) in [4.78, 5) is 23.8. The Kier molecular flexibility index (Phi) is 4.64. The molecule has 0 bridgehead atoms. The number of hydrogen-bond acceptors (Lipinski definition) is 5. The van der Waals surface area contributed by atoms with Gasteiger partial charge in [0, 0.05) is 11.8 Å². The van der Waals surface area contributed by atoms with Crippen LogP contribution in [0.3, 0.4) is 0 Å². The van der Waals surface area contributed by atoms with Gasteiger partial charge in [-0.05, 0) is 45.0 Å². The Morgan fingerprint density at radius 3 is 2.46 bits per heavy atom. The van der Waals surface area contributed by atoms with E-state index in [9.17, 15) is 14.0 Å². The number of benzene rings is 1. The first-order chi connectivity index (χ1) is 11.2. The molecule has 0 radical (unpaired) electrons. The summed E-state index contributed by atoms with van der Waals surface area (Å²) in [6, 6.07) is 5.94. The van der Waals surface area contributed by atoms with Crippen LogP contribution in [0.4, 0.5) is 14.9 Å². The Morgan fingerprint density at radius 2 is 1.88 bits per heavy atom. The molecule has 2 rings (SSSR count). The number of anilines is 1. The number of nitrogens with zero attached hydrogens (tertiary/aromatic N) is 1. The molecule has 0 aliphatic heterocycles. The molecule has 2 aromatic rings. The highest BCUT2D eigenvalue weighted by atomic mass is 19.1. The minimum absolute atomic E-state index is 0.249. The van der Waals surface area contributed by atoms with Gasteiger partial charge < -0.3 is 15.2 Å². The summed E-state index contributed by atoms with van der Waals surface area (Å²) >= 11 is 0. The molecule has 0 saturated heterocycles. The lowest BCUT2D eigenvalue weighted by Gasteiger charge is -2.20. The summed E-state index contributed by atoms with van der Waals surface area (Å²) < 4.78 is 25.4. The number of ether oxygens (including phenoxy) is 2. The number of halogens is 1. The van der Waals surface area contributed by atoms with E-state index in [0.29, 0.717) is 5.69 Å². The highest BCUT2D eigenvalue weighted by molar-refractivity contribution is 5.93. The fraction of sp³-hybridized carbons (Fsp3) is 0.294. The van der Waals surface area contributed by atoms with Crippen LogP contribution in [0.5, 0.6) is 0 Å². The van der Waals surface area contributed by atoms with E-state index >= 15 is 0 Å². The molecule has 0 spiro atoms. The number of carbonyl (C=O) groups excluding carboxylic acids is 2. The maximum Gasteiger partial charge on any atom is 0.418 e. The zero-order chi connectivity index (χ0) is 18.1. The number of nitrogen functional groups attached to an aromatic ring is 1. The molecule has 0 aliphatic carbocycles. The molecule has 128 valence electrons. The van der Waals surface area contributed by atoms with Gasteiger partial charge in [-0.2, -0.15) is 0 Å². The molecular formula is C17H19FN2O4. The van der Waals surface area contributed by atoms with E-state index in [2.05, 4.69) is 4.74 Å². The molecule has 0 amide bonds. The van der Waals surface area contributed by atoms with Crippen molar-refractivity contribution in [3.63, 3.8) is 0 Å². The number of esters is 1. The lowest BCUT2D eigenvalue weighted by atomic mass is 10.1. The van der Waals surface area contributed by atoms with Crippen molar-refractivity contribution in [3.05, 3.63) is 41.8 Å². The second-order valence-electron chi connectivity index (χ2n) is 6.12. The zero-order valence-corrected chi connectivity index (χ0v) is 13.9. The van der Waals surface area contributed by atoms with Crippen molar-refractivity contribution in [1.82, 2.24) is 4.57 Å². The largest absolute Gasteiger partial charge is 0.465 e. The lowest BCUT2D eigenvalue weighted by molar-refractivity contribution is 0.0538. The molecule has 0 unspecified atom stereocenters. The Labute approximate surface area is 139 Å². The minimum atomic E-state index is -0.892. The highest BCUT2D eigenvalue weighted by Crippen LogP contribution is 2.31. The molecule has 0 fully saturated rings. The van der Waals surface area contributed by atoms with Crippen molar-refractivity contribution >= 4 is 17.7 Å². The van der Waals surface area contributed by atoms with Crippen LogP contribution in [-0.2, 0) is 9.47 Å². The van der Waals surface area contributed by atoms with E-state index < -0.39 is 23.5 Å². The lowest BCUT2D eigenvalue weighted by Crippen LogP contribution is -2.27. The molecule has 24 heavy (non-hydrogen) atoms. The standard InChI is InChI=1S/C17H19FN2O4/c1-17(2,3)24-16(22)20-9-5-6-12(20)10-7-8-11(15(21)23-4)13(18)14(10)19/h5-9H,19H2,1-4H3. The van der Waals surface area contributed by atoms with Crippen molar-refractivity contribution in [3.8, 4) is 11.3 Å². The number of rotatable bonds is 2. The van der Waals surface area contributed by atoms with E-state index in [4.69, 9.17) is 10.5 Å². The number of methoxy groups -OCH3 is 1. The van der Waals surface area contributed by atoms with E-state index in [1.807, 2.05) is 0 Å². The monoisotopic (exact) mass is 334 g/mol. The predicted molar refractivity (Wildman–Crippen MR) is 87.2 cm³/mol. The average molecular weight is 334 g/mol. The van der Waals surface area contributed by atoms with Crippen LogP contribution < -0.4 is 5.73 Å². The average Bonchev–Trinajstić information content (AvgIpc) is 2.97. The zero-order valence-electron chi connectivity index (χ0n) is 13.9. The Hall–Kier alpha value is -2.83. The summed E-state index contributed by atoms with van der Waals surface area (Å²) in [5.74, 6) is -1.72. The first-order valence-corrected chi connectivity index (χ1v) is 7.23. The molecule has 1 heterocycles. The second kappa shape index (κ2) is 6.35. The van der Waals surface area contributed by atoms with Crippen LogP contribution in [-0.4, -0.2) is 29.3 Å². The van der Waals surface area contributed by atoms with Crippen molar-refractivity contribution in [2.24, 2.45) is 0 Å². The van der Waals surface area contributed by atoms with Gasteiger partial charge in [-0.15, -0.1) is 0 Å². The van der Waals surface area contributed by atoms with Crippen molar-refractivity contribution in [2.45, 2.75) is 26.4 Å². The fourth-order valence-corrected chi connectivity index (χ4v) is 2.15. The summed E-state index contributed by atoms with van der Waals surface area (Å²) in [5, 5.41) is 0. The van der Waals surface area contributed by atoms with E-state index in [0.717, 1.165) is 7.11 Å². The number of hydrogen-bond donors (Lipinski definition) is 1. The Balaban J connectivity index is 2.48. The van der Waals surface area contributed by atoms with Crippen molar-refractivity contribution in [1.29, 1.82) is 0 Å². The molecule has 0 aliphatic rings. The van der Waals surface area contributed by atoms with Gasteiger partial charge in [-0.3, -0.25) is 4.57 Å². The molecule has 0 atom stereocenters.